The highest BCUT2D eigenvalue weighted by Crippen LogP contribution is 2.01. The molecule has 1 heterocycles. The lowest BCUT2D eigenvalue weighted by atomic mass is 10.1. The molecule has 31 heavy (non-hydrogen) atoms. The van der Waals surface area contributed by atoms with Crippen LogP contribution in [0.25, 0.3) is 0 Å². The van der Waals surface area contributed by atoms with Gasteiger partial charge in [-0.1, -0.05) is 0 Å². The summed E-state index contributed by atoms with van der Waals surface area (Å²) < 4.78 is 0. The van der Waals surface area contributed by atoms with Crippen LogP contribution in [0.5, 0.6) is 0 Å². The number of aliphatic hydroxyl groups excluding tert-OH is 1. The first kappa shape index (κ1) is 25.5. The normalized spacial score (nSPS) is 14.5. The highest BCUT2D eigenvalue weighted by atomic mass is 16.4. The number of aliphatic hydroxyl groups is 1. The first-order valence-corrected chi connectivity index (χ1v) is 9.31. The topological polar surface area (TPSA) is 243 Å². The van der Waals surface area contributed by atoms with Gasteiger partial charge in [0, 0.05) is 24.7 Å². The van der Waals surface area contributed by atoms with E-state index in [-0.39, 0.29) is 19.3 Å². The van der Waals surface area contributed by atoms with E-state index in [4.69, 9.17) is 21.7 Å². The molecule has 0 saturated carbocycles. The summed E-state index contributed by atoms with van der Waals surface area (Å²) in [5.74, 6) is -4.56. The first-order valence-electron chi connectivity index (χ1n) is 9.31. The maximum Gasteiger partial charge on any atom is 0.328 e. The van der Waals surface area contributed by atoms with Crippen molar-refractivity contribution < 1.29 is 34.2 Å². The summed E-state index contributed by atoms with van der Waals surface area (Å²) in [6.45, 7) is 0.477. The number of nitrogens with one attached hydrogen (secondary N) is 4. The largest absolute Gasteiger partial charge is 0.480 e. The van der Waals surface area contributed by atoms with E-state index < -0.39 is 60.4 Å². The minimum absolute atomic E-state index is 0.154. The van der Waals surface area contributed by atoms with Crippen molar-refractivity contribution in [2.45, 2.75) is 50.4 Å². The standard InChI is InChI=1S/C17H27N7O7/c1-8(22-15(28)10(18)4-9-5-20-7-21-9)14(27)23-11(2-3-13(19)26)16(29)24-12(6-25)17(30)31/h5,7-8,10-12,25H,2-4,6,18H2,1H3,(H2,19,26)(H,20,21)(H,22,28)(H,23,27)(H,24,29)(H,30,31). The number of amides is 4. The summed E-state index contributed by atoms with van der Waals surface area (Å²) in [5.41, 5.74) is 11.5. The monoisotopic (exact) mass is 441 g/mol. The number of H-pyrrole nitrogens is 1. The second kappa shape index (κ2) is 12.2. The number of carboxylic acids is 1. The van der Waals surface area contributed by atoms with Gasteiger partial charge >= 0.3 is 5.97 Å². The molecule has 14 heteroatoms. The summed E-state index contributed by atoms with van der Waals surface area (Å²) in [6, 6.07) is -4.99. The van der Waals surface area contributed by atoms with Gasteiger partial charge < -0.3 is 42.6 Å². The van der Waals surface area contributed by atoms with Crippen LogP contribution in [0.15, 0.2) is 12.5 Å². The van der Waals surface area contributed by atoms with E-state index in [1.165, 1.54) is 19.4 Å². The van der Waals surface area contributed by atoms with Crippen LogP contribution in [0.2, 0.25) is 0 Å². The second-order valence-corrected chi connectivity index (χ2v) is 6.77. The zero-order chi connectivity index (χ0) is 23.6. The van der Waals surface area contributed by atoms with Gasteiger partial charge in [-0.25, -0.2) is 9.78 Å². The number of aliphatic carboxylic acids is 1. The zero-order valence-electron chi connectivity index (χ0n) is 16.8. The van der Waals surface area contributed by atoms with Gasteiger partial charge in [-0.3, -0.25) is 19.2 Å². The van der Waals surface area contributed by atoms with E-state index in [9.17, 15) is 24.0 Å². The van der Waals surface area contributed by atoms with Crippen molar-refractivity contribution in [3.05, 3.63) is 18.2 Å². The number of carbonyl (C=O) groups is 5. The number of hydrogen-bond donors (Lipinski definition) is 8. The summed E-state index contributed by atoms with van der Waals surface area (Å²) >= 11 is 0. The highest BCUT2D eigenvalue weighted by molar-refractivity contribution is 5.94. The van der Waals surface area contributed by atoms with E-state index in [2.05, 4.69) is 20.6 Å². The number of nitrogens with two attached hydrogens (primary N) is 2. The van der Waals surface area contributed by atoms with Gasteiger partial charge in [0.05, 0.1) is 19.0 Å². The van der Waals surface area contributed by atoms with Crippen molar-refractivity contribution in [3.8, 4) is 0 Å². The van der Waals surface area contributed by atoms with Gasteiger partial charge in [0.1, 0.15) is 18.1 Å². The number of imidazole rings is 1. The van der Waals surface area contributed by atoms with Crippen LogP contribution in [-0.2, 0) is 30.4 Å². The van der Waals surface area contributed by atoms with E-state index in [0.29, 0.717) is 5.69 Å². The number of rotatable bonds is 13. The third-order valence-electron chi connectivity index (χ3n) is 4.19. The Morgan fingerprint density at radius 1 is 1.10 bits per heavy atom. The maximum atomic E-state index is 12.4. The Kier molecular flexibility index (Phi) is 10.1. The molecular weight excluding hydrogens is 414 g/mol. The van der Waals surface area contributed by atoms with Crippen molar-refractivity contribution >= 4 is 29.6 Å². The molecule has 4 unspecified atom stereocenters. The van der Waals surface area contributed by atoms with Gasteiger partial charge in [-0.15, -0.1) is 0 Å². The Hall–Kier alpha value is -3.52. The summed E-state index contributed by atoms with van der Waals surface area (Å²) in [4.78, 5) is 65.6. The van der Waals surface area contributed by atoms with Crippen molar-refractivity contribution in [2.75, 3.05) is 6.61 Å². The molecule has 1 rings (SSSR count). The predicted octanol–water partition coefficient (Wildman–Crippen LogP) is -3.90. The van der Waals surface area contributed by atoms with E-state index in [1.54, 1.807) is 0 Å². The molecule has 172 valence electrons. The average Bonchev–Trinajstić information content (AvgIpc) is 3.21. The molecule has 0 saturated heterocycles. The van der Waals surface area contributed by atoms with Crippen LogP contribution >= 0.6 is 0 Å². The Morgan fingerprint density at radius 2 is 1.74 bits per heavy atom. The quantitative estimate of drug-likeness (QED) is 0.149. The minimum Gasteiger partial charge on any atom is -0.480 e. The van der Waals surface area contributed by atoms with Crippen molar-refractivity contribution in [1.29, 1.82) is 0 Å². The molecular formula is C17H27N7O7. The molecule has 10 N–H and O–H groups in total. The van der Waals surface area contributed by atoms with Crippen LogP contribution in [0, 0.1) is 0 Å². The number of primary amides is 1. The van der Waals surface area contributed by atoms with E-state index in [0.717, 1.165) is 0 Å². The molecule has 0 bridgehead atoms. The van der Waals surface area contributed by atoms with Gasteiger partial charge in [-0.05, 0) is 13.3 Å². The molecule has 14 nitrogen and oxygen atoms in total. The fourth-order valence-electron chi connectivity index (χ4n) is 2.42. The molecule has 0 aliphatic carbocycles. The minimum atomic E-state index is -1.60. The highest BCUT2D eigenvalue weighted by Gasteiger charge is 2.28. The molecule has 0 spiro atoms. The molecule has 1 aromatic rings. The molecule has 4 amide bonds. The van der Waals surface area contributed by atoms with Crippen LogP contribution < -0.4 is 27.4 Å². The number of carbonyl (C=O) groups excluding carboxylic acids is 4. The molecule has 4 atom stereocenters. The van der Waals surface area contributed by atoms with E-state index in [1.807, 2.05) is 5.32 Å². The first-order chi connectivity index (χ1) is 14.5. The van der Waals surface area contributed by atoms with Crippen molar-refractivity contribution in [3.63, 3.8) is 0 Å². The fourth-order valence-corrected chi connectivity index (χ4v) is 2.42. The lowest BCUT2D eigenvalue weighted by Gasteiger charge is -2.23. The Balaban J connectivity index is 2.72. The van der Waals surface area contributed by atoms with Crippen molar-refractivity contribution in [2.24, 2.45) is 11.5 Å². The van der Waals surface area contributed by atoms with E-state index >= 15 is 0 Å². The number of aromatic amines is 1. The number of aromatic nitrogens is 2. The third kappa shape index (κ3) is 8.79. The lowest BCUT2D eigenvalue weighted by Crippen LogP contribution is -2.57. The third-order valence-corrected chi connectivity index (χ3v) is 4.19. The van der Waals surface area contributed by atoms with Crippen molar-refractivity contribution in [1.82, 2.24) is 25.9 Å². The predicted molar refractivity (Wildman–Crippen MR) is 105 cm³/mol. The van der Waals surface area contributed by atoms with Crippen LogP contribution in [-0.4, -0.2) is 80.6 Å². The smallest absolute Gasteiger partial charge is 0.328 e. The molecule has 0 radical (unpaired) electrons. The summed E-state index contributed by atoms with van der Waals surface area (Å²) in [6.07, 6.45) is 2.60. The van der Waals surface area contributed by atoms with Gasteiger partial charge in [0.15, 0.2) is 0 Å². The molecule has 0 fully saturated rings. The molecule has 0 aliphatic heterocycles. The Bertz CT molecular complexity index is 784. The SMILES string of the molecule is CC(NC(=O)C(N)Cc1cnc[nH]1)C(=O)NC(CCC(N)=O)C(=O)NC(CO)C(=O)O. The summed E-state index contributed by atoms with van der Waals surface area (Å²) in [7, 11) is 0. The van der Waals surface area contributed by atoms with Gasteiger partial charge in [0.2, 0.25) is 23.6 Å². The Labute approximate surface area is 177 Å². The second-order valence-electron chi connectivity index (χ2n) is 6.77. The molecule has 1 aromatic heterocycles. The zero-order valence-corrected chi connectivity index (χ0v) is 16.8. The average molecular weight is 441 g/mol. The number of hydrogen-bond acceptors (Lipinski definition) is 8. The Morgan fingerprint density at radius 3 is 2.26 bits per heavy atom. The lowest BCUT2D eigenvalue weighted by molar-refractivity contribution is -0.143. The van der Waals surface area contributed by atoms with Crippen LogP contribution in [0.4, 0.5) is 0 Å². The van der Waals surface area contributed by atoms with Gasteiger partial charge in [0.25, 0.3) is 0 Å². The van der Waals surface area contributed by atoms with Gasteiger partial charge in [-0.2, -0.15) is 0 Å². The summed E-state index contributed by atoms with van der Waals surface area (Å²) in [5, 5.41) is 24.7. The van der Waals surface area contributed by atoms with Crippen LogP contribution in [0.3, 0.4) is 0 Å². The maximum absolute atomic E-state index is 12.4. The number of carboxylic acid groups (broad SMARTS) is 1. The molecule has 0 aromatic carbocycles. The molecule has 0 aliphatic rings. The fraction of sp³-hybridized carbons (Fsp3) is 0.529. The van der Waals surface area contributed by atoms with Crippen LogP contribution in [0.1, 0.15) is 25.5 Å². The number of nitrogens with zero attached hydrogens (tertiary/aromatic N) is 1.